The molecule has 1 aromatic heterocycles. The fourth-order valence-electron chi connectivity index (χ4n) is 1.00. The van der Waals surface area contributed by atoms with Gasteiger partial charge in [-0.25, -0.2) is 0 Å². The largest absolute Gasteiger partial charge is 0.384 e. The van der Waals surface area contributed by atoms with Gasteiger partial charge in [0.2, 0.25) is 0 Å². The van der Waals surface area contributed by atoms with Gasteiger partial charge in [0.15, 0.2) is 0 Å². The maximum atomic E-state index is 5.02. The number of nitrogens with zero attached hydrogens (tertiary/aromatic N) is 1. The summed E-state index contributed by atoms with van der Waals surface area (Å²) in [7, 11) is 1.71. The molecule has 0 bridgehead atoms. The van der Waals surface area contributed by atoms with Gasteiger partial charge in [-0.15, -0.1) is 0 Å². The lowest BCUT2D eigenvalue weighted by Crippen LogP contribution is -2.03. The van der Waals surface area contributed by atoms with E-state index in [1.165, 1.54) is 0 Å². The molecule has 1 atom stereocenters. The summed E-state index contributed by atoms with van der Waals surface area (Å²) in [4.78, 5) is 4.22. The van der Waals surface area contributed by atoms with Crippen molar-refractivity contribution in [2.45, 2.75) is 12.8 Å². The first kappa shape index (κ1) is 8.21. The van der Waals surface area contributed by atoms with E-state index in [4.69, 9.17) is 4.74 Å². The minimum absolute atomic E-state index is 0.390. The first-order chi connectivity index (χ1) is 5.34. The minimum atomic E-state index is 0.390. The molecule has 0 N–H and O–H groups in total. The van der Waals surface area contributed by atoms with Gasteiger partial charge in [-0.1, -0.05) is 13.0 Å². The summed E-state index contributed by atoms with van der Waals surface area (Å²) in [5.74, 6) is 0.390. The van der Waals surface area contributed by atoms with Crippen molar-refractivity contribution in [2.24, 2.45) is 0 Å². The lowest BCUT2D eigenvalue weighted by molar-refractivity contribution is 0.183. The maximum Gasteiger partial charge on any atom is 0.0543 e. The molecule has 0 saturated heterocycles. The van der Waals surface area contributed by atoms with Gasteiger partial charge in [0, 0.05) is 24.9 Å². The number of rotatable bonds is 3. The van der Waals surface area contributed by atoms with E-state index < -0.39 is 0 Å². The van der Waals surface area contributed by atoms with Gasteiger partial charge in [0.05, 0.1) is 6.61 Å². The maximum absolute atomic E-state index is 5.02. The third kappa shape index (κ3) is 2.31. The Hall–Kier alpha value is -0.890. The van der Waals surface area contributed by atoms with Crippen LogP contribution in [0.25, 0.3) is 0 Å². The first-order valence-corrected chi connectivity index (χ1v) is 3.74. The lowest BCUT2D eigenvalue weighted by atomic mass is 10.1. The van der Waals surface area contributed by atoms with Crippen LogP contribution in [0.15, 0.2) is 24.4 Å². The molecule has 0 radical (unpaired) electrons. The average Bonchev–Trinajstić information content (AvgIpc) is 2.07. The number of ether oxygens (including phenoxy) is 1. The standard InChI is InChI=1S/C9H13NO/c1-8(7-11-2)9-5-3-4-6-10-9/h3-6,8H,7H2,1-2H3/t8-/m0/s1. The summed E-state index contributed by atoms with van der Waals surface area (Å²) in [6.07, 6.45) is 1.81. The number of methoxy groups -OCH3 is 1. The van der Waals surface area contributed by atoms with Gasteiger partial charge in [-0.2, -0.15) is 0 Å². The van der Waals surface area contributed by atoms with Gasteiger partial charge < -0.3 is 4.74 Å². The highest BCUT2D eigenvalue weighted by Gasteiger charge is 2.03. The van der Waals surface area contributed by atoms with Crippen LogP contribution in [0.5, 0.6) is 0 Å². The van der Waals surface area contributed by atoms with Crippen molar-refractivity contribution in [3.05, 3.63) is 30.1 Å². The quantitative estimate of drug-likeness (QED) is 0.657. The molecule has 0 spiro atoms. The van der Waals surface area contributed by atoms with Crippen molar-refractivity contribution in [2.75, 3.05) is 13.7 Å². The molecular formula is C9H13NO. The Morgan fingerprint density at radius 2 is 2.36 bits per heavy atom. The van der Waals surface area contributed by atoms with E-state index in [1.807, 2.05) is 24.4 Å². The number of hydrogen-bond donors (Lipinski definition) is 0. The summed E-state index contributed by atoms with van der Waals surface area (Å²) in [5.41, 5.74) is 1.09. The van der Waals surface area contributed by atoms with Gasteiger partial charge in [-0.3, -0.25) is 4.98 Å². The van der Waals surface area contributed by atoms with Crippen molar-refractivity contribution in [3.8, 4) is 0 Å². The van der Waals surface area contributed by atoms with E-state index in [9.17, 15) is 0 Å². The smallest absolute Gasteiger partial charge is 0.0543 e. The van der Waals surface area contributed by atoms with Crippen LogP contribution in [-0.4, -0.2) is 18.7 Å². The summed E-state index contributed by atoms with van der Waals surface area (Å²) in [6, 6.07) is 5.93. The van der Waals surface area contributed by atoms with Crippen molar-refractivity contribution in [1.82, 2.24) is 4.98 Å². The highest BCUT2D eigenvalue weighted by Crippen LogP contribution is 2.10. The topological polar surface area (TPSA) is 22.1 Å². The number of aromatic nitrogens is 1. The van der Waals surface area contributed by atoms with Crippen molar-refractivity contribution in [1.29, 1.82) is 0 Å². The third-order valence-electron chi connectivity index (χ3n) is 1.61. The second-order valence-corrected chi connectivity index (χ2v) is 2.61. The Kier molecular flexibility index (Phi) is 3.05. The summed E-state index contributed by atoms with van der Waals surface area (Å²) in [6.45, 7) is 2.84. The second-order valence-electron chi connectivity index (χ2n) is 2.61. The van der Waals surface area contributed by atoms with Crippen LogP contribution in [0.1, 0.15) is 18.5 Å². The molecule has 11 heavy (non-hydrogen) atoms. The molecule has 0 fully saturated rings. The number of pyridine rings is 1. The highest BCUT2D eigenvalue weighted by molar-refractivity contribution is 5.08. The molecule has 60 valence electrons. The molecule has 0 aliphatic heterocycles. The van der Waals surface area contributed by atoms with Crippen molar-refractivity contribution >= 4 is 0 Å². The summed E-state index contributed by atoms with van der Waals surface area (Å²) in [5, 5.41) is 0. The van der Waals surface area contributed by atoms with Gasteiger partial charge in [0.25, 0.3) is 0 Å². The van der Waals surface area contributed by atoms with Crippen LogP contribution < -0.4 is 0 Å². The van der Waals surface area contributed by atoms with E-state index in [-0.39, 0.29) is 0 Å². The lowest BCUT2D eigenvalue weighted by Gasteiger charge is -2.07. The fourth-order valence-corrected chi connectivity index (χ4v) is 1.00. The Morgan fingerprint density at radius 3 is 2.91 bits per heavy atom. The molecule has 0 aliphatic rings. The molecule has 0 aromatic carbocycles. The van der Waals surface area contributed by atoms with Crippen LogP contribution >= 0.6 is 0 Å². The monoisotopic (exact) mass is 151 g/mol. The SMILES string of the molecule is COC[C@H](C)c1ccccn1. The molecular weight excluding hydrogens is 138 g/mol. The van der Waals surface area contributed by atoms with E-state index in [2.05, 4.69) is 11.9 Å². The van der Waals surface area contributed by atoms with Crippen LogP contribution in [0, 0.1) is 0 Å². The Morgan fingerprint density at radius 1 is 1.55 bits per heavy atom. The zero-order chi connectivity index (χ0) is 8.10. The molecule has 1 heterocycles. The molecule has 0 saturated carbocycles. The predicted molar refractivity (Wildman–Crippen MR) is 44.5 cm³/mol. The Balaban J connectivity index is 2.61. The van der Waals surface area contributed by atoms with Gasteiger partial charge >= 0.3 is 0 Å². The summed E-state index contributed by atoms with van der Waals surface area (Å²) < 4.78 is 5.02. The molecule has 0 aliphatic carbocycles. The van der Waals surface area contributed by atoms with E-state index >= 15 is 0 Å². The minimum Gasteiger partial charge on any atom is -0.384 e. The first-order valence-electron chi connectivity index (χ1n) is 3.74. The molecule has 0 unspecified atom stereocenters. The van der Waals surface area contributed by atoms with E-state index in [1.54, 1.807) is 7.11 Å². The molecule has 0 amide bonds. The summed E-state index contributed by atoms with van der Waals surface area (Å²) >= 11 is 0. The van der Waals surface area contributed by atoms with Crippen molar-refractivity contribution in [3.63, 3.8) is 0 Å². The predicted octanol–water partition coefficient (Wildman–Crippen LogP) is 1.83. The normalized spacial score (nSPS) is 12.9. The van der Waals surface area contributed by atoms with E-state index in [0.717, 1.165) is 12.3 Å². The Bertz CT molecular complexity index is 198. The molecule has 1 rings (SSSR count). The Labute approximate surface area is 67.2 Å². The molecule has 2 nitrogen and oxygen atoms in total. The average molecular weight is 151 g/mol. The zero-order valence-corrected chi connectivity index (χ0v) is 6.95. The van der Waals surface area contributed by atoms with Gasteiger partial charge in [0.1, 0.15) is 0 Å². The molecule has 2 heteroatoms. The van der Waals surface area contributed by atoms with E-state index in [0.29, 0.717) is 5.92 Å². The van der Waals surface area contributed by atoms with Crippen LogP contribution in [0.4, 0.5) is 0 Å². The molecule has 1 aromatic rings. The highest BCUT2D eigenvalue weighted by atomic mass is 16.5. The van der Waals surface area contributed by atoms with Crippen LogP contribution in [-0.2, 0) is 4.74 Å². The van der Waals surface area contributed by atoms with Gasteiger partial charge in [-0.05, 0) is 12.1 Å². The third-order valence-corrected chi connectivity index (χ3v) is 1.61. The second kappa shape index (κ2) is 4.09. The van der Waals surface area contributed by atoms with Crippen molar-refractivity contribution < 1.29 is 4.74 Å². The van der Waals surface area contributed by atoms with Crippen LogP contribution in [0.2, 0.25) is 0 Å². The zero-order valence-electron chi connectivity index (χ0n) is 6.95. The fraction of sp³-hybridized carbons (Fsp3) is 0.444. The van der Waals surface area contributed by atoms with Crippen LogP contribution in [0.3, 0.4) is 0 Å². The number of hydrogen-bond acceptors (Lipinski definition) is 2.